The van der Waals surface area contributed by atoms with Crippen LogP contribution in [0.3, 0.4) is 0 Å². The van der Waals surface area contributed by atoms with Gasteiger partial charge < -0.3 is 0 Å². The molecule has 0 saturated heterocycles. The number of hydrogen-bond donors (Lipinski definition) is 0. The van der Waals surface area contributed by atoms with Gasteiger partial charge in [-0.3, -0.25) is 4.79 Å². The van der Waals surface area contributed by atoms with Gasteiger partial charge in [-0.1, -0.05) is 32.4 Å². The summed E-state index contributed by atoms with van der Waals surface area (Å²) in [6.45, 7) is 5.65. The van der Waals surface area contributed by atoms with Crippen LogP contribution in [-0.2, 0) is 0 Å². The van der Waals surface area contributed by atoms with Crippen molar-refractivity contribution in [3.8, 4) is 0 Å². The molecule has 1 nitrogen and oxygen atoms in total. The fourth-order valence-corrected chi connectivity index (χ4v) is 2.69. The molecule has 1 saturated carbocycles. The maximum absolute atomic E-state index is 13.9. The Labute approximate surface area is 108 Å². The molecule has 0 radical (unpaired) electrons. The summed E-state index contributed by atoms with van der Waals surface area (Å²) in [6.07, 6.45) is 5.81. The van der Waals surface area contributed by atoms with E-state index in [-0.39, 0.29) is 11.3 Å². The van der Waals surface area contributed by atoms with Crippen LogP contribution < -0.4 is 0 Å². The zero-order valence-corrected chi connectivity index (χ0v) is 10.8. The van der Waals surface area contributed by atoms with Crippen LogP contribution in [0.5, 0.6) is 0 Å². The summed E-state index contributed by atoms with van der Waals surface area (Å²) < 4.78 is 13.9. The number of halogens is 1. The second-order valence-corrected chi connectivity index (χ2v) is 5.26. The Kier molecular flexibility index (Phi) is 3.95. The summed E-state index contributed by atoms with van der Waals surface area (Å²) in [5.41, 5.74) is 1.15. The summed E-state index contributed by atoms with van der Waals surface area (Å²) >= 11 is 0. The molecule has 1 aromatic carbocycles. The van der Waals surface area contributed by atoms with Crippen LogP contribution in [-0.4, -0.2) is 5.78 Å². The van der Waals surface area contributed by atoms with Crippen molar-refractivity contribution in [1.82, 2.24) is 0 Å². The lowest BCUT2D eigenvalue weighted by Gasteiger charge is -2.26. The first-order valence-corrected chi connectivity index (χ1v) is 6.58. The molecule has 1 aromatic rings. The summed E-state index contributed by atoms with van der Waals surface area (Å²) in [4.78, 5) is 11.4. The van der Waals surface area contributed by atoms with Gasteiger partial charge in [0.1, 0.15) is 5.82 Å². The van der Waals surface area contributed by atoms with Crippen molar-refractivity contribution in [1.29, 1.82) is 0 Å². The lowest BCUT2D eigenvalue weighted by molar-refractivity contribution is 0.104. The van der Waals surface area contributed by atoms with E-state index in [9.17, 15) is 9.18 Å². The molecule has 2 rings (SSSR count). The van der Waals surface area contributed by atoms with E-state index < -0.39 is 5.82 Å². The SMILES string of the molecule is C=CC(=O)c1ccc(C2CCC(C)CC2)cc1F. The first-order valence-electron chi connectivity index (χ1n) is 6.58. The van der Waals surface area contributed by atoms with E-state index in [4.69, 9.17) is 0 Å². The first-order chi connectivity index (χ1) is 8.61. The van der Waals surface area contributed by atoms with Crippen LogP contribution in [0.1, 0.15) is 54.4 Å². The zero-order valence-electron chi connectivity index (χ0n) is 10.8. The van der Waals surface area contributed by atoms with Crippen molar-refractivity contribution >= 4 is 5.78 Å². The second-order valence-electron chi connectivity index (χ2n) is 5.26. The van der Waals surface area contributed by atoms with Crippen LogP contribution in [0.4, 0.5) is 4.39 Å². The molecule has 0 aromatic heterocycles. The molecule has 0 aliphatic heterocycles. The van der Waals surface area contributed by atoms with Crippen LogP contribution in [0, 0.1) is 11.7 Å². The van der Waals surface area contributed by atoms with Crippen LogP contribution in [0.25, 0.3) is 0 Å². The van der Waals surface area contributed by atoms with Crippen molar-refractivity contribution in [2.45, 2.75) is 38.5 Å². The largest absolute Gasteiger partial charge is 0.289 e. The highest BCUT2D eigenvalue weighted by molar-refractivity contribution is 6.04. The Morgan fingerprint density at radius 2 is 2.00 bits per heavy atom. The quantitative estimate of drug-likeness (QED) is 0.567. The minimum Gasteiger partial charge on any atom is -0.289 e. The van der Waals surface area contributed by atoms with Gasteiger partial charge in [-0.05, 0) is 48.4 Å². The third-order valence-corrected chi connectivity index (χ3v) is 3.93. The first kappa shape index (κ1) is 13.0. The predicted octanol–water partition coefficient (Wildman–Crippen LogP) is 4.49. The van der Waals surface area contributed by atoms with Crippen LogP contribution in [0.15, 0.2) is 30.9 Å². The van der Waals surface area contributed by atoms with E-state index >= 15 is 0 Å². The van der Waals surface area contributed by atoms with Gasteiger partial charge in [0.25, 0.3) is 0 Å². The van der Waals surface area contributed by atoms with Gasteiger partial charge in [0, 0.05) is 0 Å². The third kappa shape index (κ3) is 2.69. The summed E-state index contributed by atoms with van der Waals surface area (Å²) in [6, 6.07) is 5.00. The molecule has 0 spiro atoms. The summed E-state index contributed by atoms with van der Waals surface area (Å²) in [5.74, 6) is 0.462. The van der Waals surface area contributed by atoms with Gasteiger partial charge in [-0.2, -0.15) is 0 Å². The number of ketones is 1. The number of benzene rings is 1. The van der Waals surface area contributed by atoms with E-state index in [2.05, 4.69) is 13.5 Å². The van der Waals surface area contributed by atoms with Gasteiger partial charge >= 0.3 is 0 Å². The minimum absolute atomic E-state index is 0.123. The Morgan fingerprint density at radius 1 is 1.33 bits per heavy atom. The second kappa shape index (κ2) is 5.47. The molecular weight excluding hydrogens is 227 g/mol. The fourth-order valence-electron chi connectivity index (χ4n) is 2.69. The molecule has 1 aliphatic rings. The predicted molar refractivity (Wildman–Crippen MR) is 71.3 cm³/mol. The van der Waals surface area contributed by atoms with E-state index in [0.29, 0.717) is 5.92 Å². The van der Waals surface area contributed by atoms with E-state index in [1.54, 1.807) is 6.07 Å². The van der Waals surface area contributed by atoms with Gasteiger partial charge in [-0.15, -0.1) is 0 Å². The molecule has 0 N–H and O–H groups in total. The molecule has 1 fully saturated rings. The fraction of sp³-hybridized carbons (Fsp3) is 0.438. The number of carbonyl (C=O) groups is 1. The highest BCUT2D eigenvalue weighted by Crippen LogP contribution is 2.35. The molecule has 0 unspecified atom stereocenters. The molecular formula is C16H19FO. The summed E-state index contributed by atoms with van der Waals surface area (Å²) in [7, 11) is 0. The average Bonchev–Trinajstić information content (AvgIpc) is 2.38. The third-order valence-electron chi connectivity index (χ3n) is 3.93. The highest BCUT2D eigenvalue weighted by atomic mass is 19.1. The number of hydrogen-bond acceptors (Lipinski definition) is 1. The average molecular weight is 246 g/mol. The molecule has 0 atom stereocenters. The van der Waals surface area contributed by atoms with Gasteiger partial charge in [-0.25, -0.2) is 4.39 Å². The molecule has 0 bridgehead atoms. The Hall–Kier alpha value is -1.44. The highest BCUT2D eigenvalue weighted by Gasteiger charge is 2.21. The zero-order chi connectivity index (χ0) is 13.1. The van der Waals surface area contributed by atoms with Crippen molar-refractivity contribution in [2.24, 2.45) is 5.92 Å². The van der Waals surface area contributed by atoms with Crippen molar-refractivity contribution in [2.75, 3.05) is 0 Å². The molecule has 0 amide bonds. The summed E-state index contributed by atoms with van der Waals surface area (Å²) in [5, 5.41) is 0. The van der Waals surface area contributed by atoms with Crippen molar-refractivity contribution < 1.29 is 9.18 Å². The lowest BCUT2D eigenvalue weighted by atomic mass is 9.79. The topological polar surface area (TPSA) is 17.1 Å². The van der Waals surface area contributed by atoms with Gasteiger partial charge in [0.05, 0.1) is 5.56 Å². The Morgan fingerprint density at radius 3 is 2.56 bits per heavy atom. The van der Waals surface area contributed by atoms with E-state index in [1.807, 2.05) is 6.07 Å². The molecule has 96 valence electrons. The van der Waals surface area contributed by atoms with Crippen molar-refractivity contribution in [3.05, 3.63) is 47.8 Å². The molecule has 1 aliphatic carbocycles. The maximum atomic E-state index is 13.9. The number of carbonyl (C=O) groups excluding carboxylic acids is 1. The number of allylic oxidation sites excluding steroid dienone is 1. The van der Waals surface area contributed by atoms with E-state index in [0.717, 1.165) is 30.4 Å². The number of rotatable bonds is 3. The van der Waals surface area contributed by atoms with Crippen LogP contribution >= 0.6 is 0 Å². The Balaban J connectivity index is 2.18. The molecule has 2 heteroatoms. The van der Waals surface area contributed by atoms with Crippen molar-refractivity contribution in [3.63, 3.8) is 0 Å². The van der Waals surface area contributed by atoms with Gasteiger partial charge in [0.15, 0.2) is 5.78 Å². The van der Waals surface area contributed by atoms with Crippen LogP contribution in [0.2, 0.25) is 0 Å². The molecule has 0 heterocycles. The molecule has 18 heavy (non-hydrogen) atoms. The lowest BCUT2D eigenvalue weighted by Crippen LogP contribution is -2.11. The minimum atomic E-state index is -0.420. The standard InChI is InChI=1S/C16H19FO/c1-3-16(18)14-9-8-13(10-15(14)17)12-6-4-11(2)5-7-12/h3,8-12H,1,4-7H2,2H3. The Bertz CT molecular complexity index is 456. The monoisotopic (exact) mass is 246 g/mol. The van der Waals surface area contributed by atoms with E-state index in [1.165, 1.54) is 18.9 Å². The van der Waals surface area contributed by atoms with Gasteiger partial charge in [0.2, 0.25) is 0 Å². The normalized spacial score (nSPS) is 23.7. The maximum Gasteiger partial charge on any atom is 0.188 e. The smallest absolute Gasteiger partial charge is 0.188 e.